The summed E-state index contributed by atoms with van der Waals surface area (Å²) >= 11 is 0. The lowest BCUT2D eigenvalue weighted by molar-refractivity contribution is -0.134. The van der Waals surface area contributed by atoms with Gasteiger partial charge in [0.05, 0.1) is 0 Å². The normalized spacial score (nSPS) is 23.6. The Bertz CT molecular complexity index is 797. The highest BCUT2D eigenvalue weighted by atomic mass is 19.1. The van der Waals surface area contributed by atoms with Gasteiger partial charge in [0.1, 0.15) is 11.6 Å². The van der Waals surface area contributed by atoms with Crippen LogP contribution < -0.4 is 4.74 Å². The molecule has 1 aromatic rings. The highest BCUT2D eigenvalue weighted by molar-refractivity contribution is 5.72. The third kappa shape index (κ3) is 12.3. The predicted octanol–water partition coefficient (Wildman–Crippen LogP) is 11.4. The van der Waals surface area contributed by atoms with E-state index in [9.17, 15) is 9.18 Å². The summed E-state index contributed by atoms with van der Waals surface area (Å²) in [7, 11) is 0. The molecule has 1 aromatic carbocycles. The van der Waals surface area contributed by atoms with Crippen molar-refractivity contribution in [1.82, 2.24) is 0 Å². The van der Waals surface area contributed by atoms with E-state index in [1.54, 1.807) is 12.1 Å². The van der Waals surface area contributed by atoms with Crippen molar-refractivity contribution >= 4 is 5.97 Å². The Morgan fingerprint density at radius 2 is 1.46 bits per heavy atom. The first-order valence-corrected chi connectivity index (χ1v) is 17.1. The maximum Gasteiger partial charge on any atom is 0.311 e. The summed E-state index contributed by atoms with van der Waals surface area (Å²) in [6.45, 7) is 4.51. The average Bonchev–Trinajstić information content (AvgIpc) is 2.95. The monoisotopic (exact) mass is 542 g/mol. The van der Waals surface area contributed by atoms with Crippen LogP contribution in [0.3, 0.4) is 0 Å². The Labute approximate surface area is 240 Å². The van der Waals surface area contributed by atoms with Crippen molar-refractivity contribution in [3.63, 3.8) is 0 Å². The first-order chi connectivity index (χ1) is 19.1. The van der Waals surface area contributed by atoms with Crippen LogP contribution in [0, 0.1) is 29.5 Å². The topological polar surface area (TPSA) is 26.3 Å². The molecule has 2 aliphatic carbocycles. The second kappa shape index (κ2) is 18.9. The average molecular weight is 543 g/mol. The summed E-state index contributed by atoms with van der Waals surface area (Å²) in [6, 6.07) is 4.98. The second-order valence-corrected chi connectivity index (χ2v) is 13.1. The summed E-state index contributed by atoms with van der Waals surface area (Å²) in [5, 5.41) is 0. The van der Waals surface area contributed by atoms with Crippen molar-refractivity contribution < 1.29 is 13.9 Å². The summed E-state index contributed by atoms with van der Waals surface area (Å²) in [5.74, 6) is 3.30. The minimum atomic E-state index is -0.241. The number of hydrogen-bond donors (Lipinski definition) is 0. The van der Waals surface area contributed by atoms with E-state index in [1.807, 2.05) is 0 Å². The van der Waals surface area contributed by atoms with E-state index in [1.165, 1.54) is 122 Å². The molecule has 0 amide bonds. The van der Waals surface area contributed by atoms with Crippen LogP contribution in [0.2, 0.25) is 0 Å². The van der Waals surface area contributed by atoms with Crippen molar-refractivity contribution in [2.45, 2.75) is 162 Å². The summed E-state index contributed by atoms with van der Waals surface area (Å²) in [5.41, 5.74) is 0.736. The molecule has 0 bridgehead atoms. The molecule has 0 radical (unpaired) electrons. The molecule has 0 aromatic heterocycles. The lowest BCUT2D eigenvalue weighted by Gasteiger charge is -2.38. The Morgan fingerprint density at radius 3 is 2.18 bits per heavy atom. The molecule has 3 heteroatoms. The van der Waals surface area contributed by atoms with Crippen molar-refractivity contribution in [3.8, 4) is 5.75 Å². The van der Waals surface area contributed by atoms with Crippen molar-refractivity contribution in [2.75, 3.05) is 0 Å². The molecular formula is C36H59FO2. The van der Waals surface area contributed by atoms with E-state index in [0.29, 0.717) is 18.1 Å². The fraction of sp³-hybridized carbons (Fsp3) is 0.806. The van der Waals surface area contributed by atoms with Crippen molar-refractivity contribution in [2.24, 2.45) is 23.7 Å². The van der Waals surface area contributed by atoms with E-state index in [4.69, 9.17) is 4.74 Å². The number of carbonyl (C=O) groups excluding carboxylic acids is 1. The van der Waals surface area contributed by atoms with Crippen LogP contribution in [0.5, 0.6) is 5.75 Å². The van der Waals surface area contributed by atoms with Gasteiger partial charge < -0.3 is 4.74 Å². The minimum absolute atomic E-state index is 0.209. The number of carbonyl (C=O) groups is 1. The van der Waals surface area contributed by atoms with E-state index in [2.05, 4.69) is 13.8 Å². The first kappa shape index (κ1) is 32.1. The predicted molar refractivity (Wildman–Crippen MR) is 163 cm³/mol. The number of hydrogen-bond acceptors (Lipinski definition) is 2. The van der Waals surface area contributed by atoms with Gasteiger partial charge in [0.15, 0.2) is 0 Å². The number of aryl methyl sites for hydroxylation is 1. The molecule has 0 saturated heterocycles. The highest BCUT2D eigenvalue weighted by Gasteiger charge is 2.31. The Hall–Kier alpha value is -1.38. The van der Waals surface area contributed by atoms with E-state index in [0.717, 1.165) is 49.0 Å². The number of esters is 1. The van der Waals surface area contributed by atoms with E-state index >= 15 is 0 Å². The summed E-state index contributed by atoms with van der Waals surface area (Å²) in [4.78, 5) is 12.6. The van der Waals surface area contributed by atoms with Gasteiger partial charge in [-0.3, -0.25) is 4.79 Å². The molecule has 2 aliphatic rings. The van der Waals surface area contributed by atoms with Gasteiger partial charge in [0.2, 0.25) is 0 Å². The van der Waals surface area contributed by atoms with Crippen LogP contribution >= 0.6 is 0 Å². The van der Waals surface area contributed by atoms with Gasteiger partial charge in [0, 0.05) is 12.5 Å². The molecule has 1 unspecified atom stereocenters. The van der Waals surface area contributed by atoms with Crippen LogP contribution in [0.25, 0.3) is 0 Å². The standard InChI is InChI=1S/C36H59FO2/c1-3-5-7-9-11-13-17-32-24-25-34(28-35(32)37)39-36(38)26-21-30-16-14-18-33(27-30)31-22-19-29(20-23-31)15-12-10-8-6-4-2/h24-25,28-31,33H,3-23,26-27H2,1-2H3/t29?,30?,31?,33-/m0/s1. The van der Waals surface area contributed by atoms with Crippen LogP contribution in [0.15, 0.2) is 18.2 Å². The van der Waals surface area contributed by atoms with Crippen LogP contribution in [0.1, 0.15) is 161 Å². The second-order valence-electron chi connectivity index (χ2n) is 13.1. The Kier molecular flexibility index (Phi) is 15.6. The number of ether oxygens (including phenoxy) is 1. The molecule has 2 saturated carbocycles. The number of unbranched alkanes of at least 4 members (excludes halogenated alkanes) is 9. The molecule has 0 aliphatic heterocycles. The molecule has 0 N–H and O–H groups in total. The third-order valence-electron chi connectivity index (χ3n) is 9.91. The zero-order valence-corrected chi connectivity index (χ0v) is 25.5. The summed E-state index contributed by atoms with van der Waals surface area (Å²) < 4.78 is 20.1. The maximum atomic E-state index is 14.6. The molecule has 2 atom stereocenters. The summed E-state index contributed by atoms with van der Waals surface area (Å²) in [6.07, 6.45) is 28.8. The van der Waals surface area contributed by atoms with E-state index in [-0.39, 0.29) is 11.8 Å². The molecule has 3 rings (SSSR count). The van der Waals surface area contributed by atoms with Gasteiger partial charge in [-0.2, -0.15) is 0 Å². The SMILES string of the molecule is CCCCCCCCc1ccc(OC(=O)CCC2CCC[C@H](C3CCC(CCCCCCC)CC3)C2)cc1F. The molecular weight excluding hydrogens is 483 g/mol. The highest BCUT2D eigenvalue weighted by Crippen LogP contribution is 2.43. The van der Waals surface area contributed by atoms with Crippen LogP contribution in [-0.4, -0.2) is 5.97 Å². The minimum Gasteiger partial charge on any atom is -0.426 e. The fourth-order valence-corrected chi connectivity index (χ4v) is 7.40. The third-order valence-corrected chi connectivity index (χ3v) is 9.91. The maximum absolute atomic E-state index is 14.6. The molecule has 2 fully saturated rings. The van der Waals surface area contributed by atoms with Crippen molar-refractivity contribution in [1.29, 1.82) is 0 Å². The number of rotatable bonds is 18. The van der Waals surface area contributed by atoms with Gasteiger partial charge >= 0.3 is 5.97 Å². The first-order valence-electron chi connectivity index (χ1n) is 17.1. The molecule has 0 heterocycles. The molecule has 222 valence electrons. The smallest absolute Gasteiger partial charge is 0.311 e. The molecule has 0 spiro atoms. The molecule has 39 heavy (non-hydrogen) atoms. The van der Waals surface area contributed by atoms with Crippen LogP contribution in [-0.2, 0) is 11.2 Å². The van der Waals surface area contributed by atoms with E-state index < -0.39 is 0 Å². The largest absolute Gasteiger partial charge is 0.426 e. The quantitative estimate of drug-likeness (QED) is 0.105. The number of benzene rings is 1. The lowest BCUT2D eigenvalue weighted by Crippen LogP contribution is -2.27. The fourth-order valence-electron chi connectivity index (χ4n) is 7.40. The molecule has 2 nitrogen and oxygen atoms in total. The van der Waals surface area contributed by atoms with Gasteiger partial charge in [-0.1, -0.05) is 123 Å². The zero-order chi connectivity index (χ0) is 27.7. The van der Waals surface area contributed by atoms with Crippen LogP contribution in [0.4, 0.5) is 4.39 Å². The zero-order valence-electron chi connectivity index (χ0n) is 25.5. The lowest BCUT2D eigenvalue weighted by atomic mass is 9.67. The Morgan fingerprint density at radius 1 is 0.769 bits per heavy atom. The van der Waals surface area contributed by atoms with Gasteiger partial charge in [-0.25, -0.2) is 4.39 Å². The number of halogens is 1. The Balaban J connectivity index is 1.31. The van der Waals surface area contributed by atoms with Gasteiger partial charge in [0.25, 0.3) is 0 Å². The van der Waals surface area contributed by atoms with Crippen molar-refractivity contribution in [3.05, 3.63) is 29.6 Å². The van der Waals surface area contributed by atoms with Gasteiger partial charge in [-0.05, 0) is 73.8 Å². The van der Waals surface area contributed by atoms with Gasteiger partial charge in [-0.15, -0.1) is 0 Å².